The Kier molecular flexibility index (Phi) is 4.82. The third-order valence-corrected chi connectivity index (χ3v) is 3.09. The van der Waals surface area contributed by atoms with Gasteiger partial charge >= 0.3 is 6.18 Å². The quantitative estimate of drug-likeness (QED) is 0.821. The number of ether oxygens (including phenoxy) is 1. The third-order valence-electron chi connectivity index (χ3n) is 3.09. The predicted octanol–water partition coefficient (Wildman–Crippen LogP) is 2.90. The minimum Gasteiger partial charge on any atom is -0.362 e. The van der Waals surface area contributed by atoms with Gasteiger partial charge in [0.25, 0.3) is 0 Å². The van der Waals surface area contributed by atoms with E-state index in [-0.39, 0.29) is 6.54 Å². The number of carbonyl (C=O) groups excluding carboxylic acids is 1. The fraction of sp³-hybridized carbons (Fsp3) is 0.500. The summed E-state index contributed by atoms with van der Waals surface area (Å²) in [6.45, 7) is -2.25. The maximum atomic E-state index is 13.6. The number of halogens is 4. The first-order chi connectivity index (χ1) is 9.85. The zero-order valence-electron chi connectivity index (χ0n) is 11.2. The van der Waals surface area contributed by atoms with E-state index in [9.17, 15) is 22.4 Å². The van der Waals surface area contributed by atoms with Crippen molar-refractivity contribution in [1.29, 1.82) is 0 Å². The van der Waals surface area contributed by atoms with Gasteiger partial charge in [-0.05, 0) is 30.4 Å². The molecule has 1 aromatic carbocycles. The summed E-state index contributed by atoms with van der Waals surface area (Å²) in [6.07, 6.45) is -2.32. The molecule has 1 aliphatic rings. The molecular weight excluding hydrogens is 290 g/mol. The van der Waals surface area contributed by atoms with Crippen LogP contribution in [0.5, 0.6) is 0 Å². The monoisotopic (exact) mass is 305 g/mol. The molecule has 0 radical (unpaired) electrons. The molecule has 0 atom stereocenters. The van der Waals surface area contributed by atoms with Gasteiger partial charge in [-0.3, -0.25) is 4.79 Å². The number of rotatable bonds is 6. The molecule has 7 heteroatoms. The summed E-state index contributed by atoms with van der Waals surface area (Å²) in [5.74, 6) is -0.707. The number of carbonyl (C=O) groups is 1. The number of benzene rings is 1. The highest BCUT2D eigenvalue weighted by molar-refractivity contribution is 5.77. The Hall–Kier alpha value is -1.63. The van der Waals surface area contributed by atoms with Crippen LogP contribution < -0.4 is 5.32 Å². The number of hydrogen-bond donors (Lipinski definition) is 1. The normalized spacial score (nSPS) is 15.0. The maximum Gasteiger partial charge on any atom is 0.411 e. The van der Waals surface area contributed by atoms with Crippen LogP contribution in [0, 0.1) is 5.82 Å². The van der Waals surface area contributed by atoms with E-state index in [2.05, 4.69) is 10.1 Å². The Balaban J connectivity index is 1.79. The number of hydrogen-bond acceptors (Lipinski definition) is 2. The second-order valence-electron chi connectivity index (χ2n) is 5.01. The van der Waals surface area contributed by atoms with Gasteiger partial charge in [0, 0.05) is 12.1 Å². The van der Waals surface area contributed by atoms with Gasteiger partial charge in [0.15, 0.2) is 0 Å². The summed E-state index contributed by atoms with van der Waals surface area (Å²) in [5.41, 5.74) is 1.34. The van der Waals surface area contributed by atoms with Crippen molar-refractivity contribution in [2.45, 2.75) is 31.5 Å². The van der Waals surface area contributed by atoms with Crippen molar-refractivity contribution >= 4 is 5.91 Å². The lowest BCUT2D eigenvalue weighted by Crippen LogP contribution is -2.29. The number of alkyl halides is 3. The maximum absolute atomic E-state index is 13.6. The van der Waals surface area contributed by atoms with Crippen LogP contribution in [0.15, 0.2) is 18.2 Å². The highest BCUT2D eigenvalue weighted by Crippen LogP contribution is 2.40. The van der Waals surface area contributed by atoms with E-state index in [1.807, 2.05) is 0 Å². The van der Waals surface area contributed by atoms with Gasteiger partial charge in [-0.1, -0.05) is 12.1 Å². The molecule has 3 nitrogen and oxygen atoms in total. The van der Waals surface area contributed by atoms with E-state index in [0.717, 1.165) is 18.4 Å². The van der Waals surface area contributed by atoms with Gasteiger partial charge in [0.05, 0.1) is 0 Å². The van der Waals surface area contributed by atoms with E-state index in [1.54, 1.807) is 12.1 Å². The van der Waals surface area contributed by atoms with E-state index in [4.69, 9.17) is 0 Å². The molecule has 0 saturated heterocycles. The Bertz CT molecular complexity index is 512. The van der Waals surface area contributed by atoms with E-state index in [0.29, 0.717) is 11.5 Å². The lowest BCUT2D eigenvalue weighted by Gasteiger charge is -2.10. The lowest BCUT2D eigenvalue weighted by atomic mass is 10.1. The molecule has 0 heterocycles. The zero-order chi connectivity index (χ0) is 15.5. The second kappa shape index (κ2) is 6.43. The molecule has 1 N–H and O–H groups in total. The Morgan fingerprint density at radius 3 is 2.67 bits per heavy atom. The van der Waals surface area contributed by atoms with Gasteiger partial charge in [0.1, 0.15) is 19.0 Å². The summed E-state index contributed by atoms with van der Waals surface area (Å²) < 4.78 is 53.3. The molecule has 0 unspecified atom stereocenters. The summed E-state index contributed by atoms with van der Waals surface area (Å²) in [6, 6.07) is 4.74. The highest BCUT2D eigenvalue weighted by Gasteiger charge is 2.28. The van der Waals surface area contributed by atoms with Crippen molar-refractivity contribution in [3.63, 3.8) is 0 Å². The Labute approximate surface area is 119 Å². The predicted molar refractivity (Wildman–Crippen MR) is 67.1 cm³/mol. The molecule has 116 valence electrons. The third kappa shape index (κ3) is 5.34. The Morgan fingerprint density at radius 2 is 2.05 bits per heavy atom. The molecule has 1 fully saturated rings. The van der Waals surface area contributed by atoms with Crippen molar-refractivity contribution in [3.8, 4) is 0 Å². The van der Waals surface area contributed by atoms with Crippen molar-refractivity contribution in [2.24, 2.45) is 0 Å². The van der Waals surface area contributed by atoms with Crippen LogP contribution in [0.4, 0.5) is 17.6 Å². The summed E-state index contributed by atoms with van der Waals surface area (Å²) >= 11 is 0. The van der Waals surface area contributed by atoms with Crippen molar-refractivity contribution < 1.29 is 27.1 Å². The van der Waals surface area contributed by atoms with Crippen LogP contribution in [0.3, 0.4) is 0 Å². The topological polar surface area (TPSA) is 38.3 Å². The summed E-state index contributed by atoms with van der Waals surface area (Å²) in [5, 5.41) is 2.34. The summed E-state index contributed by atoms with van der Waals surface area (Å²) in [7, 11) is 0. The fourth-order valence-electron chi connectivity index (χ4n) is 1.91. The van der Waals surface area contributed by atoms with Crippen LogP contribution in [0.2, 0.25) is 0 Å². The zero-order valence-corrected chi connectivity index (χ0v) is 11.2. The molecular formula is C14H15F4NO2. The van der Waals surface area contributed by atoms with E-state index in [1.165, 1.54) is 6.07 Å². The van der Waals surface area contributed by atoms with Crippen LogP contribution in [0.1, 0.15) is 29.9 Å². The molecule has 0 aliphatic heterocycles. The van der Waals surface area contributed by atoms with Crippen LogP contribution in [0.25, 0.3) is 0 Å². The van der Waals surface area contributed by atoms with Crippen molar-refractivity contribution in [1.82, 2.24) is 5.32 Å². The smallest absolute Gasteiger partial charge is 0.362 e. The minimum absolute atomic E-state index is 0.0688. The molecule has 2 rings (SSSR count). The molecule has 0 bridgehead atoms. The first kappa shape index (κ1) is 15.8. The van der Waals surface area contributed by atoms with Gasteiger partial charge in [-0.2, -0.15) is 13.2 Å². The molecule has 21 heavy (non-hydrogen) atoms. The average Bonchev–Trinajstić information content (AvgIpc) is 3.20. The Morgan fingerprint density at radius 1 is 1.33 bits per heavy atom. The standard InChI is InChI=1S/C14H15F4NO2/c15-12-4-3-10(9-1-2-9)5-11(12)6-19-13(20)7-21-8-14(16,17)18/h3-5,9H,1-2,6-8H2,(H,19,20). The first-order valence-electron chi connectivity index (χ1n) is 6.54. The first-order valence-corrected chi connectivity index (χ1v) is 6.54. The highest BCUT2D eigenvalue weighted by atomic mass is 19.4. The lowest BCUT2D eigenvalue weighted by molar-refractivity contribution is -0.175. The van der Waals surface area contributed by atoms with Crippen molar-refractivity contribution in [3.05, 3.63) is 35.1 Å². The SMILES string of the molecule is O=C(COCC(F)(F)F)NCc1cc(C2CC2)ccc1F. The van der Waals surface area contributed by atoms with E-state index >= 15 is 0 Å². The summed E-state index contributed by atoms with van der Waals surface area (Å²) in [4.78, 5) is 11.3. The van der Waals surface area contributed by atoms with Gasteiger partial charge < -0.3 is 10.1 Å². The average molecular weight is 305 g/mol. The molecule has 1 amide bonds. The number of nitrogens with one attached hydrogen (secondary N) is 1. The van der Waals surface area contributed by atoms with Crippen molar-refractivity contribution in [2.75, 3.05) is 13.2 Å². The van der Waals surface area contributed by atoms with Gasteiger partial charge in [-0.25, -0.2) is 4.39 Å². The van der Waals surface area contributed by atoms with Crippen LogP contribution in [-0.4, -0.2) is 25.3 Å². The molecule has 1 aromatic rings. The number of amides is 1. The van der Waals surface area contributed by atoms with Crippen LogP contribution >= 0.6 is 0 Å². The second-order valence-corrected chi connectivity index (χ2v) is 5.01. The largest absolute Gasteiger partial charge is 0.411 e. The fourth-order valence-corrected chi connectivity index (χ4v) is 1.91. The molecule has 1 saturated carbocycles. The minimum atomic E-state index is -4.47. The van der Waals surface area contributed by atoms with Gasteiger partial charge in [0.2, 0.25) is 5.91 Å². The van der Waals surface area contributed by atoms with E-state index < -0.39 is 31.1 Å². The molecule has 0 spiro atoms. The van der Waals surface area contributed by atoms with Gasteiger partial charge in [-0.15, -0.1) is 0 Å². The van der Waals surface area contributed by atoms with Crippen LogP contribution in [-0.2, 0) is 16.1 Å². The molecule has 0 aromatic heterocycles. The molecule has 1 aliphatic carbocycles.